The summed E-state index contributed by atoms with van der Waals surface area (Å²) < 4.78 is 54.1. The molecule has 0 radical (unpaired) electrons. The molecule has 4 aromatic rings. The van der Waals surface area contributed by atoms with Crippen molar-refractivity contribution in [1.82, 2.24) is 14.5 Å². The number of fused-ring (bicyclic) bond motifs is 1. The summed E-state index contributed by atoms with van der Waals surface area (Å²) in [4.78, 5) is 29.9. The van der Waals surface area contributed by atoms with Crippen LogP contribution in [0.3, 0.4) is 0 Å². The zero-order chi connectivity index (χ0) is 30.8. The zero-order valence-electron chi connectivity index (χ0n) is 23.6. The molecule has 230 valence electrons. The van der Waals surface area contributed by atoms with Gasteiger partial charge in [-0.2, -0.15) is 13.2 Å². The van der Waals surface area contributed by atoms with Crippen LogP contribution in [0.5, 0.6) is 0 Å². The number of hydrogen-bond donors (Lipinski definition) is 2. The molecule has 44 heavy (non-hydrogen) atoms. The van der Waals surface area contributed by atoms with Gasteiger partial charge in [0.05, 0.1) is 42.7 Å². The molecule has 3 aromatic carbocycles. The Kier molecular flexibility index (Phi) is 8.39. The molecule has 1 aromatic heterocycles. The lowest BCUT2D eigenvalue weighted by Gasteiger charge is -2.36. The number of nitrogens with one attached hydrogen (secondary N) is 1. The molecule has 0 aliphatic carbocycles. The Hall–Kier alpha value is -4.26. The van der Waals surface area contributed by atoms with E-state index in [1.54, 1.807) is 30.6 Å². The number of likely N-dealkylation sites (tertiary alicyclic amines) is 1. The zero-order valence-corrected chi connectivity index (χ0v) is 23.6. The van der Waals surface area contributed by atoms with E-state index in [4.69, 9.17) is 9.47 Å². The van der Waals surface area contributed by atoms with Crippen molar-refractivity contribution in [2.75, 3.05) is 11.9 Å². The number of para-hydroxylation sites is 2. The number of aromatic nitrogens is 2. The standard InChI is InChI=1S/C32H31F3N4O5/c33-32(34,35)31(42)39-14-4-9-27(39)29(41)37-23-6-3-5-22(15-23)30-43-24(17-38-19-36-25-7-1-2-8-26(25)38)16-28(44-30)21-12-10-20(18-40)11-13-21/h1-3,5-8,10-13,15,19,24,27-28,30,40H,4,9,14,16-18H2,(H,37,41)/t24-,27+,28+,30+/m1/s1. The third kappa shape index (κ3) is 6.33. The second-order valence-electron chi connectivity index (χ2n) is 11.0. The van der Waals surface area contributed by atoms with Gasteiger partial charge in [0.2, 0.25) is 5.91 Å². The van der Waals surface area contributed by atoms with Crippen molar-refractivity contribution in [3.05, 3.63) is 95.8 Å². The molecule has 2 aliphatic heterocycles. The van der Waals surface area contributed by atoms with Gasteiger partial charge in [-0.3, -0.25) is 9.59 Å². The summed E-state index contributed by atoms with van der Waals surface area (Å²) in [5, 5.41) is 12.2. The van der Waals surface area contributed by atoms with Gasteiger partial charge < -0.3 is 29.4 Å². The van der Waals surface area contributed by atoms with E-state index in [0.717, 1.165) is 22.2 Å². The lowest BCUT2D eigenvalue weighted by molar-refractivity contribution is -0.252. The van der Waals surface area contributed by atoms with E-state index in [9.17, 15) is 27.9 Å². The predicted octanol–water partition coefficient (Wildman–Crippen LogP) is 5.27. The van der Waals surface area contributed by atoms with Gasteiger partial charge in [0.1, 0.15) is 6.04 Å². The lowest BCUT2D eigenvalue weighted by atomic mass is 10.00. The first-order chi connectivity index (χ1) is 21.2. The summed E-state index contributed by atoms with van der Waals surface area (Å²) in [5.41, 5.74) is 4.48. The Morgan fingerprint density at radius 1 is 1.00 bits per heavy atom. The van der Waals surface area contributed by atoms with Crippen molar-refractivity contribution in [1.29, 1.82) is 0 Å². The van der Waals surface area contributed by atoms with Crippen LogP contribution in [0.15, 0.2) is 79.1 Å². The second-order valence-corrected chi connectivity index (χ2v) is 11.0. The highest BCUT2D eigenvalue weighted by atomic mass is 19.4. The lowest BCUT2D eigenvalue weighted by Crippen LogP contribution is -2.48. The van der Waals surface area contributed by atoms with Crippen LogP contribution in [0, 0.1) is 0 Å². The number of halogens is 3. The van der Waals surface area contributed by atoms with Gasteiger partial charge in [0, 0.05) is 24.2 Å². The Labute approximate surface area is 251 Å². The fourth-order valence-electron chi connectivity index (χ4n) is 5.84. The summed E-state index contributed by atoms with van der Waals surface area (Å²) in [6.07, 6.45) is -3.74. The smallest absolute Gasteiger partial charge is 0.392 e. The third-order valence-corrected chi connectivity index (χ3v) is 8.03. The molecule has 0 spiro atoms. The van der Waals surface area contributed by atoms with Gasteiger partial charge in [0.15, 0.2) is 6.29 Å². The Morgan fingerprint density at radius 3 is 2.57 bits per heavy atom. The van der Waals surface area contributed by atoms with Crippen LogP contribution in [0.1, 0.15) is 48.3 Å². The van der Waals surface area contributed by atoms with E-state index < -0.39 is 30.3 Å². The minimum absolute atomic E-state index is 0.0740. The summed E-state index contributed by atoms with van der Waals surface area (Å²) in [6.45, 7) is 0.302. The Balaban J connectivity index is 1.23. The van der Waals surface area contributed by atoms with Gasteiger partial charge in [-0.05, 0) is 48.2 Å². The highest BCUT2D eigenvalue weighted by Crippen LogP contribution is 2.39. The summed E-state index contributed by atoms with van der Waals surface area (Å²) in [7, 11) is 0. The van der Waals surface area contributed by atoms with E-state index in [1.165, 1.54) is 0 Å². The predicted molar refractivity (Wildman–Crippen MR) is 154 cm³/mol. The molecule has 0 bridgehead atoms. The molecule has 0 unspecified atom stereocenters. The molecule has 12 heteroatoms. The number of ether oxygens (including phenoxy) is 2. The number of imidazole rings is 1. The van der Waals surface area contributed by atoms with Crippen molar-refractivity contribution >= 4 is 28.5 Å². The molecule has 6 rings (SSSR count). The molecule has 2 amide bonds. The normalized spacial score (nSPS) is 22.3. The van der Waals surface area contributed by atoms with Crippen molar-refractivity contribution in [3.63, 3.8) is 0 Å². The van der Waals surface area contributed by atoms with Crippen molar-refractivity contribution in [2.45, 2.75) is 63.1 Å². The fraction of sp³-hybridized carbons (Fsp3) is 0.344. The maximum atomic E-state index is 13.1. The number of amides is 2. The van der Waals surface area contributed by atoms with E-state index in [0.29, 0.717) is 35.5 Å². The number of nitrogens with zero attached hydrogens (tertiary/aromatic N) is 3. The summed E-state index contributed by atoms with van der Waals surface area (Å²) >= 11 is 0. The molecular formula is C32H31F3N4O5. The Morgan fingerprint density at radius 2 is 1.80 bits per heavy atom. The van der Waals surface area contributed by atoms with Gasteiger partial charge >= 0.3 is 12.1 Å². The van der Waals surface area contributed by atoms with E-state index in [-0.39, 0.29) is 31.8 Å². The second kappa shape index (κ2) is 12.4. The number of aliphatic hydroxyl groups excluding tert-OH is 1. The van der Waals surface area contributed by atoms with Crippen LogP contribution in [0.25, 0.3) is 11.0 Å². The minimum Gasteiger partial charge on any atom is -0.392 e. The van der Waals surface area contributed by atoms with Crippen LogP contribution in [-0.4, -0.2) is 56.2 Å². The Bertz CT molecular complexity index is 1640. The van der Waals surface area contributed by atoms with Gasteiger partial charge in [-0.25, -0.2) is 4.98 Å². The first-order valence-electron chi connectivity index (χ1n) is 14.4. The number of rotatable bonds is 7. The fourth-order valence-corrected chi connectivity index (χ4v) is 5.84. The summed E-state index contributed by atoms with van der Waals surface area (Å²) in [6, 6.07) is 20.9. The van der Waals surface area contributed by atoms with Crippen LogP contribution in [-0.2, 0) is 32.2 Å². The molecule has 2 aliphatic rings. The third-order valence-electron chi connectivity index (χ3n) is 8.03. The average molecular weight is 609 g/mol. The molecule has 2 saturated heterocycles. The largest absolute Gasteiger partial charge is 0.471 e. The first kappa shape index (κ1) is 29.8. The first-order valence-corrected chi connectivity index (χ1v) is 14.4. The summed E-state index contributed by atoms with van der Waals surface area (Å²) in [5.74, 6) is -2.70. The quantitative estimate of drug-likeness (QED) is 0.296. The van der Waals surface area contributed by atoms with Crippen LogP contribution in [0.4, 0.5) is 18.9 Å². The van der Waals surface area contributed by atoms with Crippen molar-refractivity contribution < 1.29 is 37.3 Å². The average Bonchev–Trinajstić information content (AvgIpc) is 3.68. The number of aliphatic hydroxyl groups is 1. The number of hydrogen-bond acceptors (Lipinski definition) is 6. The van der Waals surface area contributed by atoms with Crippen LogP contribution >= 0.6 is 0 Å². The van der Waals surface area contributed by atoms with E-state index >= 15 is 0 Å². The molecule has 2 fully saturated rings. The molecule has 2 N–H and O–H groups in total. The number of carbonyl (C=O) groups excluding carboxylic acids is 2. The van der Waals surface area contributed by atoms with Crippen LogP contribution in [0.2, 0.25) is 0 Å². The number of carbonyl (C=O) groups is 2. The monoisotopic (exact) mass is 608 g/mol. The molecular weight excluding hydrogens is 577 g/mol. The minimum atomic E-state index is -5.05. The number of alkyl halides is 3. The SMILES string of the molecule is O=C(Nc1cccc([C@H]2O[C@@H](Cn3cnc4ccccc43)C[C@@H](c3ccc(CO)cc3)O2)c1)[C@@H]1CCCN1C(=O)C(F)(F)F. The number of anilines is 1. The maximum absolute atomic E-state index is 13.1. The topological polar surface area (TPSA) is 106 Å². The highest BCUT2D eigenvalue weighted by Gasteiger charge is 2.47. The van der Waals surface area contributed by atoms with Crippen molar-refractivity contribution in [2.24, 2.45) is 0 Å². The maximum Gasteiger partial charge on any atom is 0.471 e. The van der Waals surface area contributed by atoms with Gasteiger partial charge in [0.25, 0.3) is 0 Å². The number of benzene rings is 3. The van der Waals surface area contributed by atoms with Gasteiger partial charge in [-0.1, -0.05) is 48.5 Å². The highest BCUT2D eigenvalue weighted by molar-refractivity contribution is 5.98. The van der Waals surface area contributed by atoms with Crippen molar-refractivity contribution in [3.8, 4) is 0 Å². The van der Waals surface area contributed by atoms with Crippen LogP contribution < -0.4 is 5.32 Å². The van der Waals surface area contributed by atoms with E-state index in [2.05, 4.69) is 10.3 Å². The van der Waals surface area contributed by atoms with Gasteiger partial charge in [-0.15, -0.1) is 0 Å². The molecule has 9 nitrogen and oxygen atoms in total. The molecule has 3 heterocycles. The van der Waals surface area contributed by atoms with E-state index in [1.807, 2.05) is 53.1 Å². The molecule has 0 saturated carbocycles. The molecule has 4 atom stereocenters.